The Bertz CT molecular complexity index is 815. The van der Waals surface area contributed by atoms with Gasteiger partial charge in [0.05, 0.1) is 13.2 Å². The molecule has 0 radical (unpaired) electrons. The van der Waals surface area contributed by atoms with E-state index in [4.69, 9.17) is 9.26 Å². The minimum atomic E-state index is -3.42. The lowest BCUT2D eigenvalue weighted by Gasteiger charge is -2.36. The maximum absolute atomic E-state index is 12.8. The minimum absolute atomic E-state index is 0.190. The molecular formula is C16H22N4O4S2. The lowest BCUT2D eigenvalue weighted by Crippen LogP contribution is -2.51. The van der Waals surface area contributed by atoms with Gasteiger partial charge in [-0.1, -0.05) is 5.16 Å². The first-order valence-corrected chi connectivity index (χ1v) is 11.1. The molecule has 0 N–H and O–H groups in total. The number of ether oxygens (including phenoxy) is 1. The van der Waals surface area contributed by atoms with Crippen molar-refractivity contribution in [2.45, 2.75) is 19.3 Å². The molecule has 4 heterocycles. The fourth-order valence-electron chi connectivity index (χ4n) is 3.44. The molecule has 0 aromatic carbocycles. The summed E-state index contributed by atoms with van der Waals surface area (Å²) in [6.45, 7) is 2.85. The van der Waals surface area contributed by atoms with E-state index in [2.05, 4.69) is 10.1 Å². The number of nitrogens with zero attached hydrogens (tertiary/aromatic N) is 4. The number of thiophene rings is 1. The number of hydrogen-bond acceptors (Lipinski definition) is 7. The predicted molar refractivity (Wildman–Crippen MR) is 96.9 cm³/mol. The molecule has 0 amide bonds. The van der Waals surface area contributed by atoms with E-state index < -0.39 is 10.2 Å². The molecule has 0 saturated carbocycles. The Morgan fingerprint density at radius 2 is 2.08 bits per heavy atom. The number of morpholine rings is 1. The van der Waals surface area contributed by atoms with Crippen LogP contribution in [0.25, 0.3) is 11.4 Å². The van der Waals surface area contributed by atoms with Crippen LogP contribution in [0.4, 0.5) is 0 Å². The van der Waals surface area contributed by atoms with E-state index in [0.717, 1.165) is 18.4 Å². The van der Waals surface area contributed by atoms with Crippen LogP contribution in [-0.2, 0) is 21.4 Å². The quantitative estimate of drug-likeness (QED) is 0.761. The molecule has 2 aliphatic heterocycles. The van der Waals surface area contributed by atoms with Gasteiger partial charge in [0.15, 0.2) is 0 Å². The SMILES string of the molecule is O=S(=O)(N1CCOCC1)N1CCCC(Cc2nc(-c3ccsc3)no2)C1. The third-order valence-electron chi connectivity index (χ3n) is 4.82. The highest BCUT2D eigenvalue weighted by atomic mass is 32.2. The summed E-state index contributed by atoms with van der Waals surface area (Å²) in [5.74, 6) is 1.35. The highest BCUT2D eigenvalue weighted by Gasteiger charge is 2.34. The highest BCUT2D eigenvalue weighted by Crippen LogP contribution is 2.25. The molecule has 10 heteroatoms. The third kappa shape index (κ3) is 3.84. The molecule has 0 aliphatic carbocycles. The van der Waals surface area contributed by atoms with Crippen LogP contribution in [-0.4, -0.2) is 66.6 Å². The van der Waals surface area contributed by atoms with Gasteiger partial charge in [-0.05, 0) is 30.2 Å². The van der Waals surface area contributed by atoms with E-state index in [1.807, 2.05) is 16.8 Å². The maximum atomic E-state index is 12.8. The van der Waals surface area contributed by atoms with E-state index in [-0.39, 0.29) is 5.92 Å². The molecule has 1 atom stereocenters. The molecule has 0 bridgehead atoms. The Labute approximate surface area is 156 Å². The van der Waals surface area contributed by atoms with Gasteiger partial charge in [0, 0.05) is 43.5 Å². The summed E-state index contributed by atoms with van der Waals surface area (Å²) in [6.07, 6.45) is 2.41. The second-order valence-corrected chi connectivity index (χ2v) is 9.32. The average molecular weight is 399 g/mol. The zero-order chi connectivity index (χ0) is 18.0. The Kier molecular flexibility index (Phi) is 5.37. The maximum Gasteiger partial charge on any atom is 0.282 e. The van der Waals surface area contributed by atoms with Gasteiger partial charge in [-0.2, -0.15) is 33.3 Å². The molecule has 2 fully saturated rings. The lowest BCUT2D eigenvalue weighted by atomic mass is 9.96. The first kappa shape index (κ1) is 18.1. The van der Waals surface area contributed by atoms with Crippen LogP contribution in [0.5, 0.6) is 0 Å². The zero-order valence-electron chi connectivity index (χ0n) is 14.4. The topological polar surface area (TPSA) is 88.8 Å². The highest BCUT2D eigenvalue weighted by molar-refractivity contribution is 7.86. The summed E-state index contributed by atoms with van der Waals surface area (Å²) in [7, 11) is -3.42. The molecule has 1 unspecified atom stereocenters. The number of aromatic nitrogens is 2. The Hall–Kier alpha value is -1.33. The summed E-state index contributed by atoms with van der Waals surface area (Å²) in [6, 6.07) is 1.95. The normalized spacial score (nSPS) is 23.3. The second kappa shape index (κ2) is 7.73. The van der Waals surface area contributed by atoms with Crippen LogP contribution in [0.15, 0.2) is 21.3 Å². The van der Waals surface area contributed by atoms with Crippen LogP contribution >= 0.6 is 11.3 Å². The third-order valence-corrected chi connectivity index (χ3v) is 7.50. The second-order valence-electron chi connectivity index (χ2n) is 6.61. The molecule has 0 spiro atoms. The van der Waals surface area contributed by atoms with Crippen molar-refractivity contribution >= 4 is 21.5 Å². The summed E-state index contributed by atoms with van der Waals surface area (Å²) in [5, 5.41) is 7.98. The van der Waals surface area contributed by atoms with Crippen molar-refractivity contribution in [2.75, 3.05) is 39.4 Å². The van der Waals surface area contributed by atoms with Crippen LogP contribution in [0, 0.1) is 5.92 Å². The van der Waals surface area contributed by atoms with Crippen molar-refractivity contribution in [3.8, 4) is 11.4 Å². The van der Waals surface area contributed by atoms with Gasteiger partial charge in [-0.25, -0.2) is 0 Å². The van der Waals surface area contributed by atoms with Crippen LogP contribution in [0.2, 0.25) is 0 Å². The number of rotatable bonds is 5. The molecule has 4 rings (SSSR count). The van der Waals surface area contributed by atoms with Crippen molar-refractivity contribution < 1.29 is 17.7 Å². The van der Waals surface area contributed by atoms with Gasteiger partial charge in [0.2, 0.25) is 11.7 Å². The molecule has 2 aromatic heterocycles. The van der Waals surface area contributed by atoms with Crippen molar-refractivity contribution in [2.24, 2.45) is 5.92 Å². The van der Waals surface area contributed by atoms with Gasteiger partial charge in [0.25, 0.3) is 10.2 Å². The molecule has 2 aliphatic rings. The van der Waals surface area contributed by atoms with E-state index >= 15 is 0 Å². The standard InChI is InChI=1S/C16H22N4O4S2/c21-26(22,19-5-7-23-8-6-19)20-4-1-2-13(11-20)10-15-17-16(18-24-15)14-3-9-25-12-14/h3,9,12-13H,1-2,4-8,10-11H2. The number of piperidine rings is 1. The Balaban J connectivity index is 1.40. The lowest BCUT2D eigenvalue weighted by molar-refractivity contribution is 0.0690. The monoisotopic (exact) mass is 398 g/mol. The van der Waals surface area contributed by atoms with E-state index in [1.54, 1.807) is 15.6 Å². The van der Waals surface area contributed by atoms with E-state index in [0.29, 0.717) is 57.5 Å². The molecule has 2 saturated heterocycles. The first-order valence-electron chi connectivity index (χ1n) is 8.81. The Morgan fingerprint density at radius 3 is 2.85 bits per heavy atom. The molecular weight excluding hydrogens is 376 g/mol. The summed E-state index contributed by atoms with van der Waals surface area (Å²) in [4.78, 5) is 4.46. The molecule has 2 aromatic rings. The molecule has 8 nitrogen and oxygen atoms in total. The van der Waals surface area contributed by atoms with Crippen molar-refractivity contribution in [1.29, 1.82) is 0 Å². The number of hydrogen-bond donors (Lipinski definition) is 0. The first-order chi connectivity index (χ1) is 12.6. The van der Waals surface area contributed by atoms with Gasteiger partial charge in [-0.3, -0.25) is 0 Å². The zero-order valence-corrected chi connectivity index (χ0v) is 16.0. The summed E-state index contributed by atoms with van der Waals surface area (Å²) < 4.78 is 39.5. The largest absolute Gasteiger partial charge is 0.379 e. The van der Waals surface area contributed by atoms with Crippen molar-refractivity contribution in [3.63, 3.8) is 0 Å². The van der Waals surface area contributed by atoms with Crippen molar-refractivity contribution in [3.05, 3.63) is 22.7 Å². The van der Waals surface area contributed by atoms with Gasteiger partial charge in [0.1, 0.15) is 0 Å². The Morgan fingerprint density at radius 1 is 1.23 bits per heavy atom. The minimum Gasteiger partial charge on any atom is -0.379 e. The fourth-order valence-corrected chi connectivity index (χ4v) is 5.77. The van der Waals surface area contributed by atoms with Gasteiger partial charge in [-0.15, -0.1) is 0 Å². The van der Waals surface area contributed by atoms with E-state index in [9.17, 15) is 8.42 Å². The predicted octanol–water partition coefficient (Wildman–Crippen LogP) is 1.63. The summed E-state index contributed by atoms with van der Waals surface area (Å²) >= 11 is 1.59. The average Bonchev–Trinajstić information content (AvgIpc) is 3.34. The summed E-state index contributed by atoms with van der Waals surface area (Å²) in [5.41, 5.74) is 0.949. The van der Waals surface area contributed by atoms with Gasteiger partial charge >= 0.3 is 0 Å². The smallest absolute Gasteiger partial charge is 0.282 e. The van der Waals surface area contributed by atoms with Crippen LogP contribution < -0.4 is 0 Å². The molecule has 26 heavy (non-hydrogen) atoms. The van der Waals surface area contributed by atoms with Crippen LogP contribution in [0.3, 0.4) is 0 Å². The van der Waals surface area contributed by atoms with Gasteiger partial charge < -0.3 is 9.26 Å². The van der Waals surface area contributed by atoms with Crippen molar-refractivity contribution in [1.82, 2.24) is 18.8 Å². The molecule has 142 valence electrons. The fraction of sp³-hybridized carbons (Fsp3) is 0.625. The van der Waals surface area contributed by atoms with E-state index in [1.165, 1.54) is 4.31 Å². The van der Waals surface area contributed by atoms with Crippen LogP contribution in [0.1, 0.15) is 18.7 Å².